The van der Waals surface area contributed by atoms with Crippen LogP contribution in [0.15, 0.2) is 53.4 Å². The Balaban J connectivity index is 2.13. The van der Waals surface area contributed by atoms with Crippen molar-refractivity contribution in [3.63, 3.8) is 0 Å². The molecule has 6 heteroatoms. The Bertz CT molecular complexity index is 951. The van der Waals surface area contributed by atoms with Crippen molar-refractivity contribution in [1.82, 2.24) is 0 Å². The van der Waals surface area contributed by atoms with Crippen molar-refractivity contribution in [2.45, 2.75) is 44.1 Å². The summed E-state index contributed by atoms with van der Waals surface area (Å²) in [5.74, 6) is -1.06. The standard InChI is InChI=1S/C21H24O5S/c1-14(19(22)15-9-11-17(12-10-15)21(2,3)4)26-20(23)16-7-6-8-18(13-16)27(5,24)25/h6-14H,1-5H3. The quantitative estimate of drug-likeness (QED) is 0.575. The minimum atomic E-state index is -3.44. The van der Waals surface area contributed by atoms with E-state index in [-0.39, 0.29) is 21.7 Å². The topological polar surface area (TPSA) is 77.5 Å². The summed E-state index contributed by atoms with van der Waals surface area (Å²) < 4.78 is 28.5. The maximum atomic E-state index is 12.5. The number of esters is 1. The lowest BCUT2D eigenvalue weighted by atomic mass is 9.86. The molecular weight excluding hydrogens is 364 g/mol. The molecule has 0 saturated heterocycles. The van der Waals surface area contributed by atoms with E-state index in [1.54, 1.807) is 12.1 Å². The predicted molar refractivity (Wildman–Crippen MR) is 104 cm³/mol. The lowest BCUT2D eigenvalue weighted by Gasteiger charge is -2.19. The number of ether oxygens (including phenoxy) is 1. The number of carbonyl (C=O) groups excluding carboxylic acids is 2. The summed E-state index contributed by atoms with van der Waals surface area (Å²) in [6.07, 6.45) is 0.0741. The Kier molecular flexibility index (Phi) is 5.90. The summed E-state index contributed by atoms with van der Waals surface area (Å²) in [6, 6.07) is 12.8. The average molecular weight is 388 g/mol. The highest BCUT2D eigenvalue weighted by atomic mass is 32.2. The van der Waals surface area contributed by atoms with E-state index in [9.17, 15) is 18.0 Å². The molecular formula is C21H24O5S. The zero-order valence-corrected chi connectivity index (χ0v) is 17.0. The van der Waals surface area contributed by atoms with E-state index in [0.717, 1.165) is 11.8 Å². The largest absolute Gasteiger partial charge is 0.451 e. The van der Waals surface area contributed by atoms with Crippen LogP contribution in [0, 0.1) is 0 Å². The molecule has 27 heavy (non-hydrogen) atoms. The lowest BCUT2D eigenvalue weighted by molar-refractivity contribution is 0.0318. The van der Waals surface area contributed by atoms with Gasteiger partial charge in [0.2, 0.25) is 5.78 Å². The summed E-state index contributed by atoms with van der Waals surface area (Å²) >= 11 is 0. The van der Waals surface area contributed by atoms with Crippen LogP contribution in [0.2, 0.25) is 0 Å². The fourth-order valence-electron chi connectivity index (χ4n) is 2.51. The van der Waals surface area contributed by atoms with E-state index < -0.39 is 21.9 Å². The van der Waals surface area contributed by atoms with Crippen molar-refractivity contribution in [3.8, 4) is 0 Å². The molecule has 0 bridgehead atoms. The van der Waals surface area contributed by atoms with Gasteiger partial charge in [-0.15, -0.1) is 0 Å². The summed E-state index contributed by atoms with van der Waals surface area (Å²) in [7, 11) is -3.44. The molecule has 0 spiro atoms. The number of carbonyl (C=O) groups is 2. The third-order valence-electron chi connectivity index (χ3n) is 4.19. The second-order valence-corrected chi connectivity index (χ2v) is 9.55. The van der Waals surface area contributed by atoms with Crippen molar-refractivity contribution < 1.29 is 22.7 Å². The summed E-state index contributed by atoms with van der Waals surface area (Å²) in [5.41, 5.74) is 1.61. The van der Waals surface area contributed by atoms with Crippen LogP contribution in [0.3, 0.4) is 0 Å². The van der Waals surface area contributed by atoms with Crippen molar-refractivity contribution >= 4 is 21.6 Å². The first-order chi connectivity index (χ1) is 12.4. The van der Waals surface area contributed by atoms with Crippen LogP contribution in [0.4, 0.5) is 0 Å². The normalized spacial score (nSPS) is 13.1. The van der Waals surface area contributed by atoms with Gasteiger partial charge in [-0.2, -0.15) is 0 Å². The van der Waals surface area contributed by atoms with Crippen molar-refractivity contribution in [3.05, 3.63) is 65.2 Å². The third kappa shape index (κ3) is 5.26. The predicted octanol–water partition coefficient (Wildman–Crippen LogP) is 3.82. The Hall–Kier alpha value is -2.47. The van der Waals surface area contributed by atoms with Gasteiger partial charge in [0.25, 0.3) is 0 Å². The summed E-state index contributed by atoms with van der Waals surface area (Å²) in [5, 5.41) is 0. The Morgan fingerprint density at radius 3 is 2.07 bits per heavy atom. The number of hydrogen-bond acceptors (Lipinski definition) is 5. The van der Waals surface area contributed by atoms with Crippen LogP contribution in [0.1, 0.15) is 54.0 Å². The van der Waals surface area contributed by atoms with Crippen LogP contribution >= 0.6 is 0 Å². The minimum absolute atomic E-state index is 0.0219. The first kappa shape index (κ1) is 20.8. The maximum absolute atomic E-state index is 12.5. The molecule has 0 N–H and O–H groups in total. The van der Waals surface area contributed by atoms with Crippen molar-refractivity contribution in [2.24, 2.45) is 0 Å². The minimum Gasteiger partial charge on any atom is -0.451 e. The molecule has 0 heterocycles. The molecule has 144 valence electrons. The van der Waals surface area contributed by atoms with Gasteiger partial charge >= 0.3 is 5.97 Å². The fourth-order valence-corrected chi connectivity index (χ4v) is 3.17. The van der Waals surface area contributed by atoms with Crippen molar-refractivity contribution in [1.29, 1.82) is 0 Å². The molecule has 1 atom stereocenters. The number of rotatable bonds is 5. The van der Waals surface area contributed by atoms with Gasteiger partial charge in [-0.05, 0) is 36.1 Å². The van der Waals surface area contributed by atoms with E-state index in [4.69, 9.17) is 4.74 Å². The molecule has 2 aromatic rings. The molecule has 0 fully saturated rings. The number of benzene rings is 2. The first-order valence-corrected chi connectivity index (χ1v) is 10.4. The van der Waals surface area contributed by atoms with E-state index in [0.29, 0.717) is 5.56 Å². The molecule has 0 aromatic heterocycles. The summed E-state index contributed by atoms with van der Waals surface area (Å²) in [6.45, 7) is 7.74. The second-order valence-electron chi connectivity index (χ2n) is 7.54. The Labute approximate surface area is 160 Å². The number of sulfone groups is 1. The van der Waals surface area contributed by atoms with Crippen LogP contribution in [0.5, 0.6) is 0 Å². The van der Waals surface area contributed by atoms with Crippen molar-refractivity contribution in [2.75, 3.05) is 6.26 Å². The summed E-state index contributed by atoms with van der Waals surface area (Å²) in [4.78, 5) is 24.8. The zero-order valence-electron chi connectivity index (χ0n) is 16.1. The Morgan fingerprint density at radius 2 is 1.56 bits per heavy atom. The Morgan fingerprint density at radius 1 is 0.963 bits per heavy atom. The van der Waals surface area contributed by atoms with E-state index >= 15 is 0 Å². The van der Waals surface area contributed by atoms with Gasteiger partial charge in [0.1, 0.15) is 0 Å². The van der Waals surface area contributed by atoms with Crippen LogP contribution in [-0.2, 0) is 20.0 Å². The molecule has 0 amide bonds. The number of Topliss-reactive ketones (excluding diaryl/α,β-unsaturated/α-hetero) is 1. The average Bonchev–Trinajstić information content (AvgIpc) is 2.59. The fraction of sp³-hybridized carbons (Fsp3) is 0.333. The highest BCUT2D eigenvalue weighted by Crippen LogP contribution is 2.23. The highest BCUT2D eigenvalue weighted by molar-refractivity contribution is 7.90. The maximum Gasteiger partial charge on any atom is 0.338 e. The van der Waals surface area contributed by atoms with Crippen LogP contribution in [-0.4, -0.2) is 32.5 Å². The zero-order chi connectivity index (χ0) is 20.4. The lowest BCUT2D eigenvalue weighted by Crippen LogP contribution is -2.24. The second kappa shape index (κ2) is 7.64. The molecule has 0 aliphatic heterocycles. The van der Waals surface area contributed by atoms with Gasteiger partial charge < -0.3 is 4.74 Å². The van der Waals surface area contributed by atoms with Gasteiger partial charge in [-0.1, -0.05) is 51.1 Å². The SMILES string of the molecule is CC(OC(=O)c1cccc(S(C)(=O)=O)c1)C(=O)c1ccc(C(C)(C)C)cc1. The monoisotopic (exact) mass is 388 g/mol. The number of ketones is 1. The first-order valence-electron chi connectivity index (χ1n) is 8.55. The van der Waals surface area contributed by atoms with E-state index in [1.807, 2.05) is 12.1 Å². The molecule has 5 nitrogen and oxygen atoms in total. The molecule has 0 aliphatic carbocycles. The molecule has 0 aliphatic rings. The van der Waals surface area contributed by atoms with Crippen LogP contribution in [0.25, 0.3) is 0 Å². The molecule has 0 radical (unpaired) electrons. The number of hydrogen-bond donors (Lipinski definition) is 0. The third-order valence-corrected chi connectivity index (χ3v) is 5.30. The van der Waals surface area contributed by atoms with Gasteiger partial charge in [0.05, 0.1) is 10.5 Å². The smallest absolute Gasteiger partial charge is 0.338 e. The van der Waals surface area contributed by atoms with E-state index in [1.165, 1.54) is 31.2 Å². The molecule has 2 rings (SSSR count). The van der Waals surface area contributed by atoms with Gasteiger partial charge in [0, 0.05) is 11.8 Å². The molecule has 0 saturated carbocycles. The highest BCUT2D eigenvalue weighted by Gasteiger charge is 2.22. The molecule has 2 aromatic carbocycles. The van der Waals surface area contributed by atoms with Crippen LogP contribution < -0.4 is 0 Å². The van der Waals surface area contributed by atoms with Gasteiger partial charge in [-0.25, -0.2) is 13.2 Å². The molecule has 1 unspecified atom stereocenters. The van der Waals surface area contributed by atoms with E-state index in [2.05, 4.69) is 20.8 Å². The van der Waals surface area contributed by atoms with Gasteiger partial charge in [-0.3, -0.25) is 4.79 Å². The van der Waals surface area contributed by atoms with Gasteiger partial charge in [0.15, 0.2) is 15.9 Å².